The van der Waals surface area contributed by atoms with E-state index in [2.05, 4.69) is 11.5 Å². The second-order valence-electron chi connectivity index (χ2n) is 2.45. The van der Waals surface area contributed by atoms with Crippen LogP contribution in [0.5, 0.6) is 0 Å². The van der Waals surface area contributed by atoms with E-state index in [0.717, 1.165) is 0 Å². The molecule has 1 aliphatic rings. The molecule has 0 unspecified atom stereocenters. The van der Waals surface area contributed by atoms with Crippen LogP contribution in [-0.4, -0.2) is 18.8 Å². The SMILES string of the molecule is N#CC1(NN)CCOCC1. The quantitative estimate of drug-likeness (QED) is 0.382. The zero-order valence-electron chi connectivity index (χ0n) is 5.76. The minimum Gasteiger partial charge on any atom is -0.381 e. The van der Waals surface area contributed by atoms with Crippen molar-refractivity contribution in [2.24, 2.45) is 5.84 Å². The van der Waals surface area contributed by atoms with Crippen LogP contribution >= 0.6 is 0 Å². The van der Waals surface area contributed by atoms with Gasteiger partial charge in [-0.25, -0.2) is 5.43 Å². The van der Waals surface area contributed by atoms with E-state index in [9.17, 15) is 0 Å². The van der Waals surface area contributed by atoms with Crippen molar-refractivity contribution in [2.45, 2.75) is 18.4 Å². The van der Waals surface area contributed by atoms with Gasteiger partial charge in [0.25, 0.3) is 0 Å². The molecule has 1 saturated heterocycles. The van der Waals surface area contributed by atoms with Crippen molar-refractivity contribution in [1.82, 2.24) is 5.43 Å². The molecular formula is C6H11N3O. The number of nitrogens with zero attached hydrogens (tertiary/aromatic N) is 1. The standard InChI is InChI=1S/C6H11N3O/c7-5-6(9-8)1-3-10-4-2-6/h9H,1-4,8H2. The number of nitrogens with two attached hydrogens (primary N) is 1. The third-order valence-electron chi connectivity index (χ3n) is 1.84. The van der Waals surface area contributed by atoms with Crippen LogP contribution in [-0.2, 0) is 4.74 Å². The molecule has 56 valence electrons. The number of hydrogen-bond acceptors (Lipinski definition) is 4. The van der Waals surface area contributed by atoms with Crippen molar-refractivity contribution in [3.63, 3.8) is 0 Å². The second-order valence-corrected chi connectivity index (χ2v) is 2.45. The maximum atomic E-state index is 8.69. The molecule has 3 N–H and O–H groups in total. The van der Waals surface area contributed by atoms with Gasteiger partial charge in [-0.15, -0.1) is 0 Å². The minimum atomic E-state index is -0.530. The summed E-state index contributed by atoms with van der Waals surface area (Å²) in [6.45, 7) is 1.25. The van der Waals surface area contributed by atoms with E-state index in [1.165, 1.54) is 0 Å². The fraction of sp³-hybridized carbons (Fsp3) is 0.833. The van der Waals surface area contributed by atoms with Gasteiger partial charge >= 0.3 is 0 Å². The summed E-state index contributed by atoms with van der Waals surface area (Å²) in [5.41, 5.74) is 2.00. The number of hydrazine groups is 1. The van der Waals surface area contributed by atoms with E-state index in [1.807, 2.05) is 0 Å². The van der Waals surface area contributed by atoms with Gasteiger partial charge in [0.2, 0.25) is 0 Å². The summed E-state index contributed by atoms with van der Waals surface area (Å²) in [4.78, 5) is 0. The number of hydrogen-bond donors (Lipinski definition) is 2. The first-order chi connectivity index (χ1) is 4.83. The first-order valence-corrected chi connectivity index (χ1v) is 3.30. The van der Waals surface area contributed by atoms with Crippen LogP contribution in [0, 0.1) is 11.3 Å². The van der Waals surface area contributed by atoms with E-state index < -0.39 is 5.54 Å². The zero-order chi connectivity index (χ0) is 7.45. The molecule has 10 heavy (non-hydrogen) atoms. The van der Waals surface area contributed by atoms with Gasteiger partial charge in [-0.05, 0) is 0 Å². The highest BCUT2D eigenvalue weighted by Gasteiger charge is 2.30. The van der Waals surface area contributed by atoms with Gasteiger partial charge in [0.05, 0.1) is 6.07 Å². The fourth-order valence-electron chi connectivity index (χ4n) is 1.01. The Morgan fingerprint density at radius 1 is 1.50 bits per heavy atom. The minimum absolute atomic E-state index is 0.530. The fourth-order valence-corrected chi connectivity index (χ4v) is 1.01. The normalized spacial score (nSPS) is 23.6. The largest absolute Gasteiger partial charge is 0.381 e. The summed E-state index contributed by atoms with van der Waals surface area (Å²) in [6.07, 6.45) is 1.36. The monoisotopic (exact) mass is 141 g/mol. The van der Waals surface area contributed by atoms with Gasteiger partial charge in [-0.1, -0.05) is 0 Å². The second kappa shape index (κ2) is 2.97. The van der Waals surface area contributed by atoms with Crippen molar-refractivity contribution in [3.05, 3.63) is 0 Å². The molecule has 0 spiro atoms. The topological polar surface area (TPSA) is 71.1 Å². The third kappa shape index (κ3) is 1.27. The molecule has 4 nitrogen and oxygen atoms in total. The lowest BCUT2D eigenvalue weighted by molar-refractivity contribution is 0.0581. The van der Waals surface area contributed by atoms with Crippen molar-refractivity contribution in [1.29, 1.82) is 5.26 Å². The molecule has 0 aromatic rings. The Kier molecular flexibility index (Phi) is 2.22. The molecule has 0 bridgehead atoms. The molecule has 0 atom stereocenters. The molecule has 1 aliphatic heterocycles. The number of ether oxygens (including phenoxy) is 1. The van der Waals surface area contributed by atoms with Crippen molar-refractivity contribution in [3.8, 4) is 6.07 Å². The van der Waals surface area contributed by atoms with Gasteiger partial charge in [0.15, 0.2) is 0 Å². The maximum Gasteiger partial charge on any atom is 0.123 e. The van der Waals surface area contributed by atoms with E-state index in [-0.39, 0.29) is 0 Å². The summed E-state index contributed by atoms with van der Waals surface area (Å²) in [5.74, 6) is 5.22. The van der Waals surface area contributed by atoms with E-state index in [4.69, 9.17) is 15.8 Å². The highest BCUT2D eigenvalue weighted by molar-refractivity contribution is 5.06. The molecule has 0 saturated carbocycles. The highest BCUT2D eigenvalue weighted by Crippen LogP contribution is 2.17. The summed E-state index contributed by atoms with van der Waals surface area (Å²) in [7, 11) is 0. The van der Waals surface area contributed by atoms with Crippen molar-refractivity contribution < 1.29 is 4.74 Å². The first kappa shape index (κ1) is 7.48. The molecule has 1 rings (SSSR count). The van der Waals surface area contributed by atoms with Crippen LogP contribution in [0.3, 0.4) is 0 Å². The summed E-state index contributed by atoms with van der Waals surface area (Å²) < 4.78 is 5.08. The molecular weight excluding hydrogens is 130 g/mol. The van der Waals surface area contributed by atoms with E-state index in [0.29, 0.717) is 26.1 Å². The Balaban J connectivity index is 2.55. The Labute approximate surface area is 59.9 Å². The summed E-state index contributed by atoms with van der Waals surface area (Å²) in [6, 6.07) is 2.15. The molecule has 4 heteroatoms. The zero-order valence-corrected chi connectivity index (χ0v) is 5.76. The van der Waals surface area contributed by atoms with Gasteiger partial charge in [-0.2, -0.15) is 5.26 Å². The average Bonchev–Trinajstić information content (AvgIpc) is 2.06. The first-order valence-electron chi connectivity index (χ1n) is 3.30. The van der Waals surface area contributed by atoms with Crippen LogP contribution in [0.2, 0.25) is 0 Å². The lowest BCUT2D eigenvalue weighted by Crippen LogP contribution is -2.51. The Bertz CT molecular complexity index is 146. The van der Waals surface area contributed by atoms with Crippen LogP contribution in [0.25, 0.3) is 0 Å². The van der Waals surface area contributed by atoms with Crippen molar-refractivity contribution >= 4 is 0 Å². The number of rotatable bonds is 1. The van der Waals surface area contributed by atoms with Gasteiger partial charge in [0.1, 0.15) is 5.54 Å². The molecule has 0 aliphatic carbocycles. The third-order valence-corrected chi connectivity index (χ3v) is 1.84. The Morgan fingerprint density at radius 2 is 2.10 bits per heavy atom. The number of nitriles is 1. The summed E-state index contributed by atoms with van der Waals surface area (Å²) >= 11 is 0. The lowest BCUT2D eigenvalue weighted by Gasteiger charge is -2.29. The molecule has 0 aromatic carbocycles. The molecule has 0 amide bonds. The lowest BCUT2D eigenvalue weighted by atomic mass is 9.93. The molecule has 0 aromatic heterocycles. The smallest absolute Gasteiger partial charge is 0.123 e. The predicted octanol–water partition coefficient (Wildman–Crippen LogP) is -0.478. The van der Waals surface area contributed by atoms with Gasteiger partial charge in [0, 0.05) is 26.1 Å². The van der Waals surface area contributed by atoms with Crippen LogP contribution in [0.1, 0.15) is 12.8 Å². The van der Waals surface area contributed by atoms with E-state index >= 15 is 0 Å². The van der Waals surface area contributed by atoms with Gasteiger partial charge < -0.3 is 4.74 Å². The average molecular weight is 141 g/mol. The highest BCUT2D eigenvalue weighted by atomic mass is 16.5. The van der Waals surface area contributed by atoms with Crippen LogP contribution < -0.4 is 11.3 Å². The maximum absolute atomic E-state index is 8.69. The Morgan fingerprint density at radius 3 is 2.40 bits per heavy atom. The molecule has 1 heterocycles. The number of nitrogens with one attached hydrogen (secondary N) is 1. The van der Waals surface area contributed by atoms with Crippen molar-refractivity contribution in [2.75, 3.05) is 13.2 Å². The van der Waals surface area contributed by atoms with Crippen LogP contribution in [0.15, 0.2) is 0 Å². The molecule has 0 radical (unpaired) electrons. The predicted molar refractivity (Wildman–Crippen MR) is 35.7 cm³/mol. The summed E-state index contributed by atoms with van der Waals surface area (Å²) in [5, 5.41) is 8.69. The van der Waals surface area contributed by atoms with E-state index in [1.54, 1.807) is 0 Å². The van der Waals surface area contributed by atoms with Gasteiger partial charge in [-0.3, -0.25) is 5.84 Å². The van der Waals surface area contributed by atoms with Crippen LogP contribution in [0.4, 0.5) is 0 Å². The Hall–Kier alpha value is -0.630. The molecule has 1 fully saturated rings.